The predicted octanol–water partition coefficient (Wildman–Crippen LogP) is 4.89. The Morgan fingerprint density at radius 2 is 1.75 bits per heavy atom. The van der Waals surface area contributed by atoms with E-state index in [1.807, 2.05) is 19.1 Å². The number of hydrogen-bond acceptors (Lipinski definition) is 6. The first-order chi connectivity index (χ1) is 13.5. The van der Waals surface area contributed by atoms with Crippen molar-refractivity contribution in [3.63, 3.8) is 0 Å². The Bertz CT molecular complexity index is 1010. The molecule has 0 amide bonds. The van der Waals surface area contributed by atoms with Crippen LogP contribution in [0.1, 0.15) is 21.5 Å². The third kappa shape index (κ3) is 4.79. The first-order valence-electron chi connectivity index (χ1n) is 8.35. The van der Waals surface area contributed by atoms with E-state index >= 15 is 0 Å². The van der Waals surface area contributed by atoms with Crippen LogP contribution in [-0.2, 0) is 4.84 Å². The van der Waals surface area contributed by atoms with Gasteiger partial charge in [-0.25, -0.2) is 4.79 Å². The normalized spacial score (nSPS) is 10.6. The van der Waals surface area contributed by atoms with Crippen LogP contribution in [-0.4, -0.2) is 17.1 Å². The number of carbonyl (C=O) groups excluding carboxylic acids is 1. The molecule has 0 saturated carbocycles. The minimum absolute atomic E-state index is 0.104. The Kier molecular flexibility index (Phi) is 5.76. The first kappa shape index (κ1) is 18.8. The zero-order valence-electron chi connectivity index (χ0n) is 14.9. The average Bonchev–Trinajstić information content (AvgIpc) is 2.71. The summed E-state index contributed by atoms with van der Waals surface area (Å²) in [5.74, 6) is -0.0233. The van der Waals surface area contributed by atoms with Crippen LogP contribution in [0.4, 0.5) is 5.69 Å². The van der Waals surface area contributed by atoms with E-state index in [0.717, 1.165) is 5.56 Å². The maximum Gasteiger partial charge on any atom is 0.365 e. The van der Waals surface area contributed by atoms with Crippen LogP contribution >= 0.6 is 0 Å². The number of ether oxygens (including phenoxy) is 1. The van der Waals surface area contributed by atoms with E-state index in [-0.39, 0.29) is 11.4 Å². The van der Waals surface area contributed by atoms with Gasteiger partial charge in [0.1, 0.15) is 5.75 Å². The third-order valence-electron chi connectivity index (χ3n) is 3.78. The van der Waals surface area contributed by atoms with Crippen LogP contribution < -0.4 is 4.74 Å². The molecule has 0 unspecified atom stereocenters. The van der Waals surface area contributed by atoms with E-state index in [2.05, 4.69) is 5.16 Å². The fraction of sp³-hybridized carbons (Fsp3) is 0.0476. The number of aryl methyl sites for hydroxylation is 1. The number of hydrogen-bond donors (Lipinski definition) is 0. The van der Waals surface area contributed by atoms with Crippen molar-refractivity contribution in [1.82, 2.24) is 0 Å². The Balaban J connectivity index is 1.74. The Labute approximate surface area is 161 Å². The molecule has 28 heavy (non-hydrogen) atoms. The third-order valence-corrected chi connectivity index (χ3v) is 3.78. The Hall–Kier alpha value is -4.00. The molecule has 7 nitrogen and oxygen atoms in total. The molecule has 0 atom stereocenters. The van der Waals surface area contributed by atoms with Gasteiger partial charge in [0, 0.05) is 11.6 Å². The maximum absolute atomic E-state index is 11.8. The van der Waals surface area contributed by atoms with Crippen LogP contribution in [0.3, 0.4) is 0 Å². The van der Waals surface area contributed by atoms with Crippen LogP contribution in [0, 0.1) is 17.0 Å². The van der Waals surface area contributed by atoms with Crippen molar-refractivity contribution in [2.75, 3.05) is 0 Å². The topological polar surface area (TPSA) is 91.0 Å². The lowest BCUT2D eigenvalue weighted by molar-refractivity contribution is -0.385. The van der Waals surface area contributed by atoms with E-state index in [0.29, 0.717) is 16.9 Å². The summed E-state index contributed by atoms with van der Waals surface area (Å²) in [6, 6.07) is 19.9. The summed E-state index contributed by atoms with van der Waals surface area (Å²) in [7, 11) is 0. The summed E-state index contributed by atoms with van der Waals surface area (Å²) in [6.07, 6.45) is 1.23. The van der Waals surface area contributed by atoms with Crippen molar-refractivity contribution in [3.8, 4) is 11.5 Å². The van der Waals surface area contributed by atoms with Gasteiger partial charge in [0.25, 0.3) is 0 Å². The molecule has 0 spiro atoms. The maximum atomic E-state index is 11.8. The van der Waals surface area contributed by atoms with Crippen LogP contribution in [0.25, 0.3) is 0 Å². The number of nitro groups is 1. The summed E-state index contributed by atoms with van der Waals surface area (Å²) in [4.78, 5) is 27.5. The fourth-order valence-corrected chi connectivity index (χ4v) is 2.34. The second-order valence-corrected chi connectivity index (χ2v) is 5.88. The smallest absolute Gasteiger partial charge is 0.365 e. The van der Waals surface area contributed by atoms with Gasteiger partial charge in [-0.1, -0.05) is 41.1 Å². The van der Waals surface area contributed by atoms with Crippen LogP contribution in [0.2, 0.25) is 0 Å². The Morgan fingerprint density at radius 3 is 2.43 bits per heavy atom. The highest BCUT2D eigenvalue weighted by molar-refractivity contribution is 5.90. The van der Waals surface area contributed by atoms with Gasteiger partial charge in [0.15, 0.2) is 0 Å². The van der Waals surface area contributed by atoms with Crippen LogP contribution in [0.15, 0.2) is 78.0 Å². The lowest BCUT2D eigenvalue weighted by Crippen LogP contribution is -2.00. The predicted molar refractivity (Wildman–Crippen MR) is 104 cm³/mol. The van der Waals surface area contributed by atoms with Gasteiger partial charge in [-0.05, 0) is 43.3 Å². The largest absolute Gasteiger partial charge is 0.450 e. The molecule has 3 rings (SSSR count). The summed E-state index contributed by atoms with van der Waals surface area (Å²) >= 11 is 0. The highest BCUT2D eigenvalue weighted by Crippen LogP contribution is 2.32. The van der Waals surface area contributed by atoms with E-state index in [1.165, 1.54) is 18.3 Å². The molecule has 0 N–H and O–H groups in total. The molecule has 0 aliphatic heterocycles. The van der Waals surface area contributed by atoms with Crippen molar-refractivity contribution in [2.45, 2.75) is 6.92 Å². The standard InChI is InChI=1S/C21H16N2O5/c1-15-7-10-18(11-8-15)27-20-12-9-16(13-19(20)23(25)26)14-22-28-21(24)17-5-3-2-4-6-17/h2-14H,1H3. The van der Waals surface area contributed by atoms with Crippen molar-refractivity contribution < 1.29 is 19.3 Å². The van der Waals surface area contributed by atoms with Gasteiger partial charge < -0.3 is 9.57 Å². The SMILES string of the molecule is Cc1ccc(Oc2ccc(C=NOC(=O)c3ccccc3)cc2[N+](=O)[O-])cc1. The number of oxime groups is 1. The van der Waals surface area contributed by atoms with Gasteiger partial charge in [-0.2, -0.15) is 0 Å². The zero-order chi connectivity index (χ0) is 19.9. The van der Waals surface area contributed by atoms with Gasteiger partial charge >= 0.3 is 11.7 Å². The first-order valence-corrected chi connectivity index (χ1v) is 8.35. The summed E-state index contributed by atoms with van der Waals surface area (Å²) in [5, 5.41) is 15.0. The molecule has 140 valence electrons. The molecule has 0 aliphatic rings. The van der Waals surface area contributed by atoms with Crippen molar-refractivity contribution in [1.29, 1.82) is 0 Å². The minimum atomic E-state index is -0.620. The number of benzene rings is 3. The van der Waals surface area contributed by atoms with Crippen LogP contribution in [0.5, 0.6) is 11.5 Å². The highest BCUT2D eigenvalue weighted by atomic mass is 16.7. The van der Waals surface area contributed by atoms with E-state index in [9.17, 15) is 14.9 Å². The molecule has 0 aromatic heterocycles. The monoisotopic (exact) mass is 376 g/mol. The lowest BCUT2D eigenvalue weighted by Gasteiger charge is -2.07. The molecule has 0 aliphatic carbocycles. The highest BCUT2D eigenvalue weighted by Gasteiger charge is 2.16. The molecule has 0 saturated heterocycles. The zero-order valence-corrected chi connectivity index (χ0v) is 14.9. The van der Waals surface area contributed by atoms with E-state index in [4.69, 9.17) is 9.57 Å². The molecular weight excluding hydrogens is 360 g/mol. The molecular formula is C21H16N2O5. The number of nitro benzene ring substituents is 1. The summed E-state index contributed by atoms with van der Waals surface area (Å²) in [6.45, 7) is 1.94. The Morgan fingerprint density at radius 1 is 1.04 bits per heavy atom. The molecule has 7 heteroatoms. The average molecular weight is 376 g/mol. The molecule has 0 bridgehead atoms. The second-order valence-electron chi connectivity index (χ2n) is 5.88. The van der Waals surface area contributed by atoms with Gasteiger partial charge in [0.05, 0.1) is 16.7 Å². The van der Waals surface area contributed by atoms with Gasteiger partial charge in [0.2, 0.25) is 5.75 Å². The van der Waals surface area contributed by atoms with Gasteiger partial charge in [-0.3, -0.25) is 10.1 Å². The second kappa shape index (κ2) is 8.59. The summed E-state index contributed by atoms with van der Waals surface area (Å²) < 4.78 is 5.61. The minimum Gasteiger partial charge on any atom is -0.450 e. The van der Waals surface area contributed by atoms with Crippen molar-refractivity contribution in [3.05, 3.63) is 99.6 Å². The number of nitrogens with zero attached hydrogens (tertiary/aromatic N) is 2. The summed E-state index contributed by atoms with van der Waals surface area (Å²) in [5.41, 5.74) is 1.58. The molecule has 3 aromatic carbocycles. The van der Waals surface area contributed by atoms with E-state index in [1.54, 1.807) is 48.5 Å². The van der Waals surface area contributed by atoms with Crippen molar-refractivity contribution >= 4 is 17.9 Å². The number of carbonyl (C=O) groups is 1. The fourth-order valence-electron chi connectivity index (χ4n) is 2.34. The molecule has 0 radical (unpaired) electrons. The number of rotatable bonds is 6. The molecule has 0 heterocycles. The molecule has 0 fully saturated rings. The quantitative estimate of drug-likeness (QED) is 0.264. The lowest BCUT2D eigenvalue weighted by atomic mass is 10.2. The van der Waals surface area contributed by atoms with Crippen molar-refractivity contribution in [2.24, 2.45) is 5.16 Å². The van der Waals surface area contributed by atoms with E-state index < -0.39 is 10.9 Å². The van der Waals surface area contributed by atoms with Gasteiger partial charge in [-0.15, -0.1) is 0 Å². The molecule has 3 aromatic rings.